The van der Waals surface area contributed by atoms with Crippen molar-refractivity contribution in [1.82, 2.24) is 4.90 Å². The summed E-state index contributed by atoms with van der Waals surface area (Å²) >= 11 is 1.53. The predicted octanol–water partition coefficient (Wildman–Crippen LogP) is 1.48. The van der Waals surface area contributed by atoms with Crippen LogP contribution >= 0.6 is 11.3 Å². The van der Waals surface area contributed by atoms with Gasteiger partial charge in [-0.2, -0.15) is 11.3 Å². The number of likely N-dealkylation sites (N-methyl/N-ethyl adjacent to an activating group) is 1. The number of aliphatic carboxylic acids is 1. The Labute approximate surface area is 81.6 Å². The first-order valence-corrected chi connectivity index (χ1v) is 4.95. The van der Waals surface area contributed by atoms with Gasteiger partial charge in [-0.05, 0) is 36.5 Å². The van der Waals surface area contributed by atoms with E-state index in [2.05, 4.69) is 0 Å². The Morgan fingerprint density at radius 1 is 1.69 bits per heavy atom. The van der Waals surface area contributed by atoms with E-state index in [9.17, 15) is 4.79 Å². The standard InChI is InChI=1S/C9H13NO2S/c1-10(2)5-8(9(11)12)7-3-4-13-6-7/h3-4,6,8H,5H2,1-2H3,(H,11,12). The van der Waals surface area contributed by atoms with E-state index in [1.54, 1.807) is 0 Å². The summed E-state index contributed by atoms with van der Waals surface area (Å²) < 4.78 is 0. The molecule has 0 aliphatic heterocycles. The Kier molecular flexibility index (Phi) is 3.45. The average molecular weight is 199 g/mol. The van der Waals surface area contributed by atoms with Crippen molar-refractivity contribution in [3.8, 4) is 0 Å². The molecule has 0 saturated heterocycles. The smallest absolute Gasteiger partial charge is 0.312 e. The van der Waals surface area contributed by atoms with E-state index in [4.69, 9.17) is 5.11 Å². The Morgan fingerprint density at radius 2 is 2.38 bits per heavy atom. The Balaban J connectivity index is 2.75. The van der Waals surface area contributed by atoms with Gasteiger partial charge in [0.2, 0.25) is 0 Å². The minimum Gasteiger partial charge on any atom is -0.481 e. The lowest BCUT2D eigenvalue weighted by molar-refractivity contribution is -0.139. The lowest BCUT2D eigenvalue weighted by atomic mass is 10.0. The van der Waals surface area contributed by atoms with Gasteiger partial charge in [0, 0.05) is 6.54 Å². The predicted molar refractivity (Wildman–Crippen MR) is 53.2 cm³/mol. The molecule has 0 fully saturated rings. The molecule has 0 spiro atoms. The first-order valence-electron chi connectivity index (χ1n) is 4.01. The van der Waals surface area contributed by atoms with Crippen molar-refractivity contribution in [3.63, 3.8) is 0 Å². The molecule has 1 aromatic heterocycles. The average Bonchev–Trinajstić information content (AvgIpc) is 2.50. The van der Waals surface area contributed by atoms with Crippen molar-refractivity contribution in [2.24, 2.45) is 0 Å². The van der Waals surface area contributed by atoms with Crippen LogP contribution in [0.4, 0.5) is 0 Å². The first kappa shape index (κ1) is 10.2. The molecular weight excluding hydrogens is 186 g/mol. The zero-order chi connectivity index (χ0) is 9.84. The van der Waals surface area contributed by atoms with Crippen molar-refractivity contribution in [1.29, 1.82) is 0 Å². The van der Waals surface area contributed by atoms with Gasteiger partial charge < -0.3 is 10.0 Å². The van der Waals surface area contributed by atoms with E-state index in [-0.39, 0.29) is 0 Å². The van der Waals surface area contributed by atoms with Crippen LogP contribution in [0.3, 0.4) is 0 Å². The zero-order valence-corrected chi connectivity index (χ0v) is 8.54. The third-order valence-electron chi connectivity index (χ3n) is 1.79. The second-order valence-corrected chi connectivity index (χ2v) is 3.99. The number of hydrogen-bond acceptors (Lipinski definition) is 3. The number of carbonyl (C=O) groups is 1. The van der Waals surface area contributed by atoms with E-state index in [1.165, 1.54) is 11.3 Å². The van der Waals surface area contributed by atoms with Gasteiger partial charge in [0.1, 0.15) is 0 Å². The molecule has 72 valence electrons. The van der Waals surface area contributed by atoms with Crippen LogP contribution in [0, 0.1) is 0 Å². The molecule has 0 aliphatic carbocycles. The molecule has 13 heavy (non-hydrogen) atoms. The number of nitrogens with zero attached hydrogens (tertiary/aromatic N) is 1. The highest BCUT2D eigenvalue weighted by molar-refractivity contribution is 7.08. The summed E-state index contributed by atoms with van der Waals surface area (Å²) in [6.07, 6.45) is 0. The summed E-state index contributed by atoms with van der Waals surface area (Å²) in [4.78, 5) is 12.8. The summed E-state index contributed by atoms with van der Waals surface area (Å²) in [5.74, 6) is -1.16. The Morgan fingerprint density at radius 3 is 2.77 bits per heavy atom. The molecule has 0 bridgehead atoms. The highest BCUT2D eigenvalue weighted by Gasteiger charge is 2.20. The molecule has 1 aromatic rings. The SMILES string of the molecule is CN(C)CC(C(=O)O)c1ccsc1. The van der Waals surface area contributed by atoms with Crippen molar-refractivity contribution >= 4 is 17.3 Å². The molecule has 0 aliphatic rings. The fourth-order valence-corrected chi connectivity index (χ4v) is 1.88. The summed E-state index contributed by atoms with van der Waals surface area (Å²) in [5, 5.41) is 12.8. The summed E-state index contributed by atoms with van der Waals surface area (Å²) in [6.45, 7) is 0.548. The Hall–Kier alpha value is -0.870. The van der Waals surface area contributed by atoms with E-state index in [1.807, 2.05) is 35.8 Å². The quantitative estimate of drug-likeness (QED) is 0.798. The monoisotopic (exact) mass is 199 g/mol. The second-order valence-electron chi connectivity index (χ2n) is 3.21. The highest BCUT2D eigenvalue weighted by Crippen LogP contribution is 2.19. The van der Waals surface area contributed by atoms with Gasteiger partial charge in [0.15, 0.2) is 0 Å². The molecule has 4 heteroatoms. The van der Waals surface area contributed by atoms with E-state index >= 15 is 0 Å². The van der Waals surface area contributed by atoms with Crippen molar-refractivity contribution < 1.29 is 9.90 Å². The van der Waals surface area contributed by atoms with Crippen LogP contribution in [0.5, 0.6) is 0 Å². The van der Waals surface area contributed by atoms with Crippen LogP contribution in [0.2, 0.25) is 0 Å². The van der Waals surface area contributed by atoms with Gasteiger partial charge in [-0.25, -0.2) is 0 Å². The molecule has 0 aromatic carbocycles. The van der Waals surface area contributed by atoms with Crippen LogP contribution < -0.4 is 0 Å². The number of thiophene rings is 1. The molecule has 1 unspecified atom stereocenters. The van der Waals surface area contributed by atoms with Crippen LogP contribution in [0.25, 0.3) is 0 Å². The first-order chi connectivity index (χ1) is 6.11. The second kappa shape index (κ2) is 4.39. The third-order valence-corrected chi connectivity index (χ3v) is 2.49. The van der Waals surface area contributed by atoms with Gasteiger partial charge >= 0.3 is 5.97 Å². The van der Waals surface area contributed by atoms with Gasteiger partial charge in [-0.3, -0.25) is 4.79 Å². The molecule has 3 nitrogen and oxygen atoms in total. The van der Waals surface area contributed by atoms with E-state index in [0.29, 0.717) is 6.54 Å². The molecule has 1 heterocycles. The maximum atomic E-state index is 10.9. The minimum atomic E-state index is -0.757. The van der Waals surface area contributed by atoms with Gasteiger partial charge in [0.25, 0.3) is 0 Å². The third kappa shape index (κ3) is 2.82. The summed E-state index contributed by atoms with van der Waals surface area (Å²) in [5.41, 5.74) is 0.895. The largest absolute Gasteiger partial charge is 0.481 e. The van der Waals surface area contributed by atoms with E-state index < -0.39 is 11.9 Å². The molecule has 0 amide bonds. The normalized spacial score (nSPS) is 13.2. The lowest BCUT2D eigenvalue weighted by Gasteiger charge is -2.15. The van der Waals surface area contributed by atoms with Crippen molar-refractivity contribution in [3.05, 3.63) is 22.4 Å². The molecule has 0 saturated carbocycles. The van der Waals surface area contributed by atoms with Crippen molar-refractivity contribution in [2.75, 3.05) is 20.6 Å². The fourth-order valence-electron chi connectivity index (χ4n) is 1.16. The van der Waals surface area contributed by atoms with Crippen LogP contribution in [-0.4, -0.2) is 36.6 Å². The van der Waals surface area contributed by atoms with Crippen LogP contribution in [0.1, 0.15) is 11.5 Å². The highest BCUT2D eigenvalue weighted by atomic mass is 32.1. The Bertz CT molecular complexity index is 269. The van der Waals surface area contributed by atoms with Gasteiger partial charge in [-0.15, -0.1) is 0 Å². The zero-order valence-electron chi connectivity index (χ0n) is 7.73. The topological polar surface area (TPSA) is 40.5 Å². The summed E-state index contributed by atoms with van der Waals surface area (Å²) in [7, 11) is 3.75. The number of carboxylic acids is 1. The molecule has 1 atom stereocenters. The minimum absolute atomic E-state index is 0.402. The lowest BCUT2D eigenvalue weighted by Crippen LogP contribution is -2.25. The fraction of sp³-hybridized carbons (Fsp3) is 0.444. The maximum absolute atomic E-state index is 10.9. The van der Waals surface area contributed by atoms with Gasteiger partial charge in [0.05, 0.1) is 5.92 Å². The van der Waals surface area contributed by atoms with Crippen LogP contribution in [0.15, 0.2) is 16.8 Å². The van der Waals surface area contributed by atoms with Crippen LogP contribution in [-0.2, 0) is 4.79 Å². The molecular formula is C9H13NO2S. The molecule has 0 radical (unpaired) electrons. The number of rotatable bonds is 4. The van der Waals surface area contributed by atoms with Crippen molar-refractivity contribution in [2.45, 2.75) is 5.92 Å². The maximum Gasteiger partial charge on any atom is 0.312 e. The number of carboxylic acid groups (broad SMARTS) is 1. The summed E-state index contributed by atoms with van der Waals surface area (Å²) in [6, 6.07) is 1.87. The molecule has 1 rings (SSSR count). The molecule has 1 N–H and O–H groups in total. The van der Waals surface area contributed by atoms with Gasteiger partial charge in [-0.1, -0.05) is 0 Å². The number of hydrogen-bond donors (Lipinski definition) is 1. The van der Waals surface area contributed by atoms with E-state index in [0.717, 1.165) is 5.56 Å².